The van der Waals surface area contributed by atoms with Gasteiger partial charge in [0.05, 0.1) is 16.6 Å². The fourth-order valence-electron chi connectivity index (χ4n) is 3.70. The number of cyclic esters (lactones) is 1. The summed E-state index contributed by atoms with van der Waals surface area (Å²) in [6, 6.07) is 19.6. The Kier molecular flexibility index (Phi) is 4.21. The highest BCUT2D eigenvalue weighted by molar-refractivity contribution is 6.06. The lowest BCUT2D eigenvalue weighted by Crippen LogP contribution is -2.23. The van der Waals surface area contributed by atoms with Gasteiger partial charge in [-0.05, 0) is 47.5 Å². The van der Waals surface area contributed by atoms with E-state index in [1.54, 1.807) is 36.4 Å². The van der Waals surface area contributed by atoms with Crippen molar-refractivity contribution in [3.05, 3.63) is 99.5 Å². The number of rotatable bonds is 3. The second kappa shape index (κ2) is 7.04. The van der Waals surface area contributed by atoms with Crippen LogP contribution in [-0.2, 0) is 11.2 Å². The monoisotopic (exact) mass is 399 g/mol. The van der Waals surface area contributed by atoms with Gasteiger partial charge in [-0.3, -0.25) is 4.79 Å². The molecule has 1 aliphatic rings. The molecular weight excluding hydrogens is 382 g/mol. The van der Waals surface area contributed by atoms with E-state index in [4.69, 9.17) is 4.74 Å². The lowest BCUT2D eigenvalue weighted by molar-refractivity contribution is 0.0252. The fraction of sp³-hybridized carbons (Fsp3) is 0.0870. The Morgan fingerprint density at radius 1 is 0.933 bits per heavy atom. The summed E-state index contributed by atoms with van der Waals surface area (Å²) in [5.74, 6) is -0.691. The van der Waals surface area contributed by atoms with Crippen molar-refractivity contribution in [2.75, 3.05) is 5.32 Å². The van der Waals surface area contributed by atoms with Crippen LogP contribution in [0.25, 0.3) is 11.0 Å². The summed E-state index contributed by atoms with van der Waals surface area (Å²) < 4.78 is 5.57. The fourth-order valence-corrected chi connectivity index (χ4v) is 3.70. The largest absolute Gasteiger partial charge is 0.454 e. The maximum atomic E-state index is 12.8. The maximum absolute atomic E-state index is 12.8. The number of aromatic amines is 2. The molecule has 7 heteroatoms. The number of esters is 1. The van der Waals surface area contributed by atoms with Gasteiger partial charge in [-0.1, -0.05) is 30.3 Å². The highest BCUT2D eigenvalue weighted by Crippen LogP contribution is 2.31. The van der Waals surface area contributed by atoms with Crippen molar-refractivity contribution in [2.45, 2.75) is 12.5 Å². The number of aromatic nitrogens is 2. The van der Waals surface area contributed by atoms with Crippen molar-refractivity contribution in [1.29, 1.82) is 0 Å². The predicted molar refractivity (Wildman–Crippen MR) is 112 cm³/mol. The highest BCUT2D eigenvalue weighted by atomic mass is 16.5. The first-order chi connectivity index (χ1) is 14.6. The van der Waals surface area contributed by atoms with Crippen LogP contribution in [0.4, 0.5) is 5.69 Å². The molecule has 0 saturated carbocycles. The van der Waals surface area contributed by atoms with Gasteiger partial charge in [0.1, 0.15) is 6.10 Å². The van der Waals surface area contributed by atoms with Crippen LogP contribution in [0.2, 0.25) is 0 Å². The van der Waals surface area contributed by atoms with Crippen LogP contribution in [0.1, 0.15) is 37.9 Å². The van der Waals surface area contributed by atoms with Crippen molar-refractivity contribution >= 4 is 28.6 Å². The molecule has 0 bridgehead atoms. The van der Waals surface area contributed by atoms with E-state index in [2.05, 4.69) is 15.3 Å². The third-order valence-electron chi connectivity index (χ3n) is 5.19. The normalized spacial score (nSPS) is 15.5. The number of amides is 1. The number of benzene rings is 3. The lowest BCUT2D eigenvalue weighted by atomic mass is 9.93. The molecule has 7 nitrogen and oxygen atoms in total. The van der Waals surface area contributed by atoms with Gasteiger partial charge >= 0.3 is 11.7 Å². The first kappa shape index (κ1) is 17.9. The molecule has 148 valence electrons. The van der Waals surface area contributed by atoms with E-state index in [0.717, 1.165) is 11.1 Å². The lowest BCUT2D eigenvalue weighted by Gasteiger charge is -2.25. The molecule has 0 spiro atoms. The molecule has 4 aromatic rings. The molecule has 1 aliphatic heterocycles. The quantitative estimate of drug-likeness (QED) is 0.458. The molecule has 0 radical (unpaired) electrons. The molecule has 0 aliphatic carbocycles. The molecule has 0 unspecified atom stereocenters. The summed E-state index contributed by atoms with van der Waals surface area (Å²) in [6.45, 7) is 0. The third kappa shape index (κ3) is 3.26. The van der Waals surface area contributed by atoms with Crippen LogP contribution in [0, 0.1) is 0 Å². The van der Waals surface area contributed by atoms with Crippen LogP contribution in [0.5, 0.6) is 0 Å². The zero-order chi connectivity index (χ0) is 20.7. The van der Waals surface area contributed by atoms with E-state index >= 15 is 0 Å². The second-order valence-corrected chi connectivity index (χ2v) is 7.17. The summed E-state index contributed by atoms with van der Waals surface area (Å²) in [6.07, 6.45) is 0.125. The third-order valence-corrected chi connectivity index (χ3v) is 5.19. The molecule has 1 amide bonds. The van der Waals surface area contributed by atoms with Gasteiger partial charge in [-0.15, -0.1) is 0 Å². The minimum atomic E-state index is -0.390. The first-order valence-electron chi connectivity index (χ1n) is 9.49. The molecule has 3 N–H and O–H groups in total. The number of hydrogen-bond donors (Lipinski definition) is 3. The zero-order valence-electron chi connectivity index (χ0n) is 15.8. The van der Waals surface area contributed by atoms with E-state index < -0.39 is 0 Å². The van der Waals surface area contributed by atoms with Crippen LogP contribution < -0.4 is 11.0 Å². The van der Waals surface area contributed by atoms with Crippen molar-refractivity contribution in [3.63, 3.8) is 0 Å². The first-order valence-corrected chi connectivity index (χ1v) is 9.49. The summed E-state index contributed by atoms with van der Waals surface area (Å²) >= 11 is 0. The van der Waals surface area contributed by atoms with Crippen molar-refractivity contribution in [2.24, 2.45) is 0 Å². The summed E-state index contributed by atoms with van der Waals surface area (Å²) in [7, 11) is 0. The Morgan fingerprint density at radius 2 is 1.73 bits per heavy atom. The Bertz CT molecular complexity index is 1340. The second-order valence-electron chi connectivity index (χ2n) is 7.17. The molecule has 3 aromatic carbocycles. The van der Waals surface area contributed by atoms with Crippen molar-refractivity contribution < 1.29 is 14.3 Å². The van der Waals surface area contributed by atoms with E-state index in [1.807, 2.05) is 30.3 Å². The minimum absolute atomic E-state index is 0.301. The van der Waals surface area contributed by atoms with Gasteiger partial charge in [0, 0.05) is 17.7 Å². The van der Waals surface area contributed by atoms with Gasteiger partial charge in [-0.25, -0.2) is 9.59 Å². The minimum Gasteiger partial charge on any atom is -0.454 e. The number of ether oxygens (including phenoxy) is 1. The van der Waals surface area contributed by atoms with Crippen LogP contribution in [0.3, 0.4) is 0 Å². The van der Waals surface area contributed by atoms with E-state index in [9.17, 15) is 14.4 Å². The van der Waals surface area contributed by atoms with Crippen LogP contribution in [0.15, 0.2) is 71.5 Å². The number of hydrogen-bond acceptors (Lipinski definition) is 4. The number of carbonyl (C=O) groups excluding carboxylic acids is 2. The number of anilines is 1. The number of fused-ring (bicyclic) bond motifs is 2. The Hall–Kier alpha value is -4.13. The molecule has 5 rings (SSSR count). The van der Waals surface area contributed by atoms with E-state index in [0.29, 0.717) is 34.3 Å². The van der Waals surface area contributed by atoms with Gasteiger partial charge in [0.25, 0.3) is 5.91 Å². The van der Waals surface area contributed by atoms with E-state index in [-0.39, 0.29) is 23.7 Å². The molecule has 0 saturated heterocycles. The Labute approximate surface area is 170 Å². The van der Waals surface area contributed by atoms with Gasteiger partial charge < -0.3 is 20.0 Å². The predicted octanol–water partition coefficient (Wildman–Crippen LogP) is 3.56. The number of carbonyl (C=O) groups is 2. The van der Waals surface area contributed by atoms with E-state index in [1.165, 1.54) is 0 Å². The standard InChI is InChI=1S/C23H17N3O4/c27-21(24-16-7-9-18-19(12-16)26-23(29)25-18)14-6-8-17-15(10-14)11-20(30-22(17)28)13-4-2-1-3-5-13/h1-10,12,20H,11H2,(H,24,27)(H2,25,26,29)/t20-/m1/s1. The molecular formula is C23H17N3O4. The van der Waals surface area contributed by atoms with Gasteiger partial charge in [0.15, 0.2) is 0 Å². The number of imidazole rings is 1. The molecule has 0 fully saturated rings. The average molecular weight is 399 g/mol. The van der Waals surface area contributed by atoms with Crippen LogP contribution in [-0.4, -0.2) is 21.8 Å². The highest BCUT2D eigenvalue weighted by Gasteiger charge is 2.28. The zero-order valence-corrected chi connectivity index (χ0v) is 15.8. The molecule has 30 heavy (non-hydrogen) atoms. The van der Waals surface area contributed by atoms with Crippen molar-refractivity contribution in [3.8, 4) is 0 Å². The summed E-state index contributed by atoms with van der Waals surface area (Å²) in [4.78, 5) is 41.9. The number of nitrogens with one attached hydrogen (secondary N) is 3. The smallest absolute Gasteiger partial charge is 0.339 e. The molecule has 2 heterocycles. The summed E-state index contributed by atoms with van der Waals surface area (Å²) in [5.41, 5.74) is 4.14. The average Bonchev–Trinajstić information content (AvgIpc) is 3.13. The van der Waals surface area contributed by atoms with Crippen LogP contribution >= 0.6 is 0 Å². The summed E-state index contributed by atoms with van der Waals surface area (Å²) in [5, 5.41) is 2.83. The Balaban J connectivity index is 1.40. The maximum Gasteiger partial charge on any atom is 0.339 e. The topological polar surface area (TPSA) is 104 Å². The van der Waals surface area contributed by atoms with Gasteiger partial charge in [-0.2, -0.15) is 0 Å². The van der Waals surface area contributed by atoms with Gasteiger partial charge in [0.2, 0.25) is 0 Å². The molecule has 1 atom stereocenters. The Morgan fingerprint density at radius 3 is 2.57 bits per heavy atom. The molecule has 1 aromatic heterocycles. The SMILES string of the molecule is O=C(Nc1ccc2[nH]c(=O)[nH]c2c1)c1ccc2c(c1)C[C@H](c1ccccc1)OC2=O. The number of H-pyrrole nitrogens is 2. The van der Waals surface area contributed by atoms with Crippen molar-refractivity contribution in [1.82, 2.24) is 9.97 Å².